The van der Waals surface area contributed by atoms with Gasteiger partial charge in [0.1, 0.15) is 6.61 Å². The van der Waals surface area contributed by atoms with Crippen molar-refractivity contribution in [3.8, 4) is 11.5 Å². The molecule has 0 bridgehead atoms. The summed E-state index contributed by atoms with van der Waals surface area (Å²) in [6.45, 7) is 0.439. The van der Waals surface area contributed by atoms with Gasteiger partial charge >= 0.3 is 0 Å². The third kappa shape index (κ3) is 4.03. The molecule has 0 heterocycles. The Hall–Kier alpha value is -3.27. The van der Waals surface area contributed by atoms with E-state index in [0.29, 0.717) is 23.7 Å². The molecule has 0 radical (unpaired) electrons. The fourth-order valence-corrected chi connectivity index (χ4v) is 2.62. The largest absolute Gasteiger partial charge is 0.493 e. The van der Waals surface area contributed by atoms with Gasteiger partial charge in [-0.15, -0.1) is 0 Å². The number of benzene rings is 3. The average molecular weight is 347 g/mol. The van der Waals surface area contributed by atoms with Crippen molar-refractivity contribution in [3.05, 3.63) is 90.0 Å². The van der Waals surface area contributed by atoms with Crippen LogP contribution in [0.1, 0.15) is 15.9 Å². The summed E-state index contributed by atoms with van der Waals surface area (Å²) in [6, 6.07) is 24.7. The molecule has 0 spiro atoms. The van der Waals surface area contributed by atoms with Gasteiger partial charge in [-0.2, -0.15) is 0 Å². The van der Waals surface area contributed by atoms with Gasteiger partial charge in [-0.3, -0.25) is 4.79 Å². The van der Waals surface area contributed by atoms with E-state index in [1.54, 1.807) is 37.3 Å². The van der Waals surface area contributed by atoms with E-state index in [4.69, 9.17) is 9.47 Å². The minimum atomic E-state index is -0.107. The van der Waals surface area contributed by atoms with Gasteiger partial charge in [-0.05, 0) is 35.9 Å². The fourth-order valence-electron chi connectivity index (χ4n) is 2.62. The standard InChI is InChI=1S/C22H21NO3/c1-23(19-11-7-4-8-12-19)22(24)18-13-14-20(21(15-18)25-2)26-16-17-9-5-3-6-10-17/h3-15H,16H2,1-2H3. The van der Waals surface area contributed by atoms with Crippen molar-refractivity contribution in [3.63, 3.8) is 0 Å². The van der Waals surface area contributed by atoms with Crippen molar-refractivity contribution >= 4 is 11.6 Å². The first-order chi connectivity index (χ1) is 12.7. The molecule has 0 aliphatic carbocycles. The lowest BCUT2D eigenvalue weighted by atomic mass is 10.1. The Morgan fingerprint density at radius 3 is 2.19 bits per heavy atom. The number of hydrogen-bond acceptors (Lipinski definition) is 3. The Balaban J connectivity index is 1.76. The van der Waals surface area contributed by atoms with Crippen molar-refractivity contribution in [2.75, 3.05) is 19.1 Å². The molecular weight excluding hydrogens is 326 g/mol. The van der Waals surface area contributed by atoms with Gasteiger partial charge in [-0.1, -0.05) is 48.5 Å². The van der Waals surface area contributed by atoms with Gasteiger partial charge in [0.25, 0.3) is 5.91 Å². The number of nitrogens with zero attached hydrogens (tertiary/aromatic N) is 1. The van der Waals surface area contributed by atoms with Gasteiger partial charge in [0.05, 0.1) is 7.11 Å². The number of rotatable bonds is 6. The lowest BCUT2D eigenvalue weighted by Gasteiger charge is -2.18. The van der Waals surface area contributed by atoms with E-state index < -0.39 is 0 Å². The zero-order chi connectivity index (χ0) is 18.4. The third-order valence-corrected chi connectivity index (χ3v) is 4.10. The van der Waals surface area contributed by atoms with E-state index in [1.165, 1.54) is 0 Å². The molecule has 0 aliphatic heterocycles. The van der Waals surface area contributed by atoms with E-state index in [2.05, 4.69) is 0 Å². The number of hydrogen-bond donors (Lipinski definition) is 0. The number of carbonyl (C=O) groups is 1. The molecule has 0 unspecified atom stereocenters. The van der Waals surface area contributed by atoms with Gasteiger partial charge in [-0.25, -0.2) is 0 Å². The molecule has 0 atom stereocenters. The summed E-state index contributed by atoms with van der Waals surface area (Å²) >= 11 is 0. The number of anilines is 1. The van der Waals surface area contributed by atoms with Crippen molar-refractivity contribution in [1.29, 1.82) is 0 Å². The number of ether oxygens (including phenoxy) is 2. The van der Waals surface area contributed by atoms with E-state index in [-0.39, 0.29) is 5.91 Å². The second kappa shape index (κ2) is 8.21. The maximum atomic E-state index is 12.7. The highest BCUT2D eigenvalue weighted by atomic mass is 16.5. The zero-order valence-electron chi connectivity index (χ0n) is 14.9. The molecule has 0 N–H and O–H groups in total. The van der Waals surface area contributed by atoms with Gasteiger partial charge in [0.2, 0.25) is 0 Å². The minimum absolute atomic E-state index is 0.107. The molecule has 1 amide bonds. The maximum Gasteiger partial charge on any atom is 0.258 e. The number of methoxy groups -OCH3 is 1. The lowest BCUT2D eigenvalue weighted by Crippen LogP contribution is -2.26. The molecule has 0 aromatic heterocycles. The molecule has 3 aromatic carbocycles. The predicted molar refractivity (Wildman–Crippen MR) is 103 cm³/mol. The summed E-state index contributed by atoms with van der Waals surface area (Å²) < 4.78 is 11.3. The quantitative estimate of drug-likeness (QED) is 0.656. The molecule has 0 saturated heterocycles. The van der Waals surface area contributed by atoms with Crippen molar-refractivity contribution < 1.29 is 14.3 Å². The van der Waals surface area contributed by atoms with Gasteiger partial charge in [0, 0.05) is 18.3 Å². The molecule has 4 nitrogen and oxygen atoms in total. The van der Waals surface area contributed by atoms with Crippen LogP contribution in [0.3, 0.4) is 0 Å². The number of carbonyl (C=O) groups excluding carboxylic acids is 1. The summed E-state index contributed by atoms with van der Waals surface area (Å²) in [7, 11) is 3.32. The smallest absolute Gasteiger partial charge is 0.258 e. The monoisotopic (exact) mass is 347 g/mol. The summed E-state index contributed by atoms with van der Waals surface area (Å²) in [5.41, 5.74) is 2.44. The highest BCUT2D eigenvalue weighted by Crippen LogP contribution is 2.29. The first-order valence-corrected chi connectivity index (χ1v) is 8.37. The number of para-hydroxylation sites is 1. The third-order valence-electron chi connectivity index (χ3n) is 4.10. The molecule has 3 rings (SSSR count). The van der Waals surface area contributed by atoms with Gasteiger partial charge < -0.3 is 14.4 Å². The maximum absolute atomic E-state index is 12.7. The molecule has 132 valence electrons. The Labute approximate surface area is 153 Å². The summed E-state index contributed by atoms with van der Waals surface area (Å²) in [4.78, 5) is 14.3. The fraction of sp³-hybridized carbons (Fsp3) is 0.136. The topological polar surface area (TPSA) is 38.8 Å². The average Bonchev–Trinajstić information content (AvgIpc) is 2.72. The summed E-state index contributed by atoms with van der Waals surface area (Å²) in [5, 5.41) is 0. The van der Waals surface area contributed by atoms with Crippen LogP contribution in [0.2, 0.25) is 0 Å². The van der Waals surface area contributed by atoms with Crippen LogP contribution in [0.4, 0.5) is 5.69 Å². The molecule has 3 aromatic rings. The van der Waals surface area contributed by atoms with Crippen LogP contribution < -0.4 is 14.4 Å². The first-order valence-electron chi connectivity index (χ1n) is 8.37. The molecular formula is C22H21NO3. The van der Waals surface area contributed by atoms with Crippen molar-refractivity contribution in [1.82, 2.24) is 0 Å². The molecule has 0 aliphatic rings. The van der Waals surface area contributed by atoms with E-state index in [0.717, 1.165) is 11.3 Å². The van der Waals surface area contributed by atoms with Crippen LogP contribution in [0.5, 0.6) is 11.5 Å². The van der Waals surface area contributed by atoms with Crippen LogP contribution in [-0.4, -0.2) is 20.1 Å². The Kier molecular flexibility index (Phi) is 5.54. The van der Waals surface area contributed by atoms with E-state index in [9.17, 15) is 4.79 Å². The summed E-state index contributed by atoms with van der Waals surface area (Å²) in [5.74, 6) is 1.03. The zero-order valence-corrected chi connectivity index (χ0v) is 14.9. The van der Waals surface area contributed by atoms with Crippen LogP contribution >= 0.6 is 0 Å². The normalized spacial score (nSPS) is 10.2. The Morgan fingerprint density at radius 2 is 1.54 bits per heavy atom. The second-order valence-electron chi connectivity index (χ2n) is 5.84. The Morgan fingerprint density at radius 1 is 0.885 bits per heavy atom. The minimum Gasteiger partial charge on any atom is -0.493 e. The highest BCUT2D eigenvalue weighted by Gasteiger charge is 2.16. The molecule has 0 fully saturated rings. The molecule has 4 heteroatoms. The molecule has 0 saturated carbocycles. The van der Waals surface area contributed by atoms with Crippen LogP contribution in [0.15, 0.2) is 78.9 Å². The van der Waals surface area contributed by atoms with E-state index >= 15 is 0 Å². The lowest BCUT2D eigenvalue weighted by molar-refractivity contribution is 0.0992. The van der Waals surface area contributed by atoms with Crippen molar-refractivity contribution in [2.45, 2.75) is 6.61 Å². The summed E-state index contributed by atoms with van der Waals surface area (Å²) in [6.07, 6.45) is 0. The van der Waals surface area contributed by atoms with Gasteiger partial charge in [0.15, 0.2) is 11.5 Å². The predicted octanol–water partition coefficient (Wildman–Crippen LogP) is 4.55. The van der Waals surface area contributed by atoms with Crippen LogP contribution in [-0.2, 0) is 6.61 Å². The Bertz CT molecular complexity index is 863. The first kappa shape index (κ1) is 17.5. The second-order valence-corrected chi connectivity index (χ2v) is 5.84. The van der Waals surface area contributed by atoms with Crippen LogP contribution in [0.25, 0.3) is 0 Å². The highest BCUT2D eigenvalue weighted by molar-refractivity contribution is 6.06. The molecule has 26 heavy (non-hydrogen) atoms. The van der Waals surface area contributed by atoms with Crippen LogP contribution in [0, 0.1) is 0 Å². The van der Waals surface area contributed by atoms with E-state index in [1.807, 2.05) is 60.7 Å². The SMILES string of the molecule is COc1cc(C(=O)N(C)c2ccccc2)ccc1OCc1ccccc1. The van der Waals surface area contributed by atoms with Crippen molar-refractivity contribution in [2.24, 2.45) is 0 Å². The number of amides is 1.